The number of carbonyl (C=O) groups is 2. The summed E-state index contributed by atoms with van der Waals surface area (Å²) in [6.45, 7) is 3.66. The smallest absolute Gasteiger partial charge is 0.356 e. The van der Waals surface area contributed by atoms with Gasteiger partial charge in [0.05, 0.1) is 18.5 Å². The molecular formula is C15H14Br2N2O3. The van der Waals surface area contributed by atoms with Crippen LogP contribution < -0.4 is 0 Å². The Morgan fingerprint density at radius 1 is 1.05 bits per heavy atom. The molecule has 22 heavy (non-hydrogen) atoms. The van der Waals surface area contributed by atoms with Crippen molar-refractivity contribution >= 4 is 44.1 Å². The van der Waals surface area contributed by atoms with Crippen LogP contribution in [0.1, 0.15) is 32.4 Å². The molecule has 0 aromatic carbocycles. The lowest BCUT2D eigenvalue weighted by atomic mass is 10.3. The molecule has 0 aliphatic rings. The van der Waals surface area contributed by atoms with E-state index in [0.29, 0.717) is 11.4 Å². The summed E-state index contributed by atoms with van der Waals surface area (Å²) >= 11 is 6.57. The van der Waals surface area contributed by atoms with E-state index in [2.05, 4.69) is 46.6 Å². The number of nitrogens with zero attached hydrogens (tertiary/aromatic N) is 2. The van der Waals surface area contributed by atoms with Crippen molar-refractivity contribution in [2.75, 3.05) is 7.11 Å². The molecule has 0 atom stereocenters. The Bertz CT molecular complexity index is 690. The van der Waals surface area contributed by atoms with Gasteiger partial charge < -0.3 is 4.74 Å². The molecule has 0 aliphatic carbocycles. The minimum atomic E-state index is -0.411. The van der Waals surface area contributed by atoms with Gasteiger partial charge in [-0.05, 0) is 70.0 Å². The molecule has 0 spiro atoms. The Labute approximate surface area is 145 Å². The minimum Gasteiger partial charge on any atom is -0.464 e. The molecule has 0 unspecified atom stereocenters. The number of carbonyl (C=O) groups excluding carboxylic acids is 2. The molecule has 0 saturated carbocycles. The summed E-state index contributed by atoms with van der Waals surface area (Å²) in [5, 5.41) is 0. The van der Waals surface area contributed by atoms with Crippen LogP contribution in [0.5, 0.6) is 0 Å². The Morgan fingerprint density at radius 2 is 1.59 bits per heavy atom. The van der Waals surface area contributed by atoms with Crippen LogP contribution in [0.25, 0.3) is 0 Å². The van der Waals surface area contributed by atoms with Crippen LogP contribution in [0.2, 0.25) is 0 Å². The average Bonchev–Trinajstić information content (AvgIpc) is 2.52. The van der Waals surface area contributed by atoms with Gasteiger partial charge in [-0.15, -0.1) is 0 Å². The molecule has 0 radical (unpaired) electrons. The number of aldehydes is 1. The molecule has 0 aliphatic heterocycles. The van der Waals surface area contributed by atoms with Crippen molar-refractivity contribution in [1.82, 2.24) is 9.97 Å². The molecule has 2 rings (SSSR count). The number of pyridine rings is 2. The van der Waals surface area contributed by atoms with Gasteiger partial charge in [0, 0.05) is 8.95 Å². The first kappa shape index (κ1) is 18.4. The first-order valence-corrected chi connectivity index (χ1v) is 7.77. The second-order valence-corrected chi connectivity index (χ2v) is 5.89. The molecule has 0 bridgehead atoms. The maximum Gasteiger partial charge on any atom is 0.356 e. The van der Waals surface area contributed by atoms with Gasteiger partial charge >= 0.3 is 5.97 Å². The van der Waals surface area contributed by atoms with E-state index >= 15 is 0 Å². The van der Waals surface area contributed by atoms with E-state index in [4.69, 9.17) is 0 Å². The largest absolute Gasteiger partial charge is 0.464 e. The van der Waals surface area contributed by atoms with Crippen LogP contribution >= 0.6 is 31.9 Å². The van der Waals surface area contributed by atoms with Gasteiger partial charge in [0.25, 0.3) is 0 Å². The highest BCUT2D eigenvalue weighted by Crippen LogP contribution is 2.14. The maximum absolute atomic E-state index is 11.0. The number of hydrogen-bond donors (Lipinski definition) is 0. The van der Waals surface area contributed by atoms with Crippen molar-refractivity contribution in [1.29, 1.82) is 0 Å². The van der Waals surface area contributed by atoms with Crippen molar-refractivity contribution in [3.05, 3.63) is 56.0 Å². The molecule has 0 saturated heterocycles. The van der Waals surface area contributed by atoms with Gasteiger partial charge in [0.2, 0.25) is 0 Å². The Hall–Kier alpha value is -1.60. The Kier molecular flexibility index (Phi) is 7.34. The monoisotopic (exact) mass is 428 g/mol. The molecule has 0 amide bonds. The number of methoxy groups -OCH3 is 1. The first-order valence-electron chi connectivity index (χ1n) is 6.18. The van der Waals surface area contributed by atoms with Crippen molar-refractivity contribution in [2.45, 2.75) is 13.8 Å². The lowest BCUT2D eigenvalue weighted by Gasteiger charge is -2.00. The standard InChI is InChI=1S/C8H8BrNO2.C7H6BrNO/c1-5-6(9)3-4-7(10-5)8(11)12-2;1-5-7(8)3-2-6(4-10)9-5/h3-4H,1-2H3;2-4H,1H3. The minimum absolute atomic E-state index is 0.332. The van der Waals surface area contributed by atoms with Gasteiger partial charge in [-0.2, -0.15) is 0 Å². The van der Waals surface area contributed by atoms with Crippen LogP contribution in [0.4, 0.5) is 0 Å². The van der Waals surface area contributed by atoms with Gasteiger partial charge in [-0.1, -0.05) is 0 Å². The highest BCUT2D eigenvalue weighted by atomic mass is 79.9. The lowest BCUT2D eigenvalue weighted by Crippen LogP contribution is -2.04. The number of aromatic nitrogens is 2. The summed E-state index contributed by atoms with van der Waals surface area (Å²) in [6, 6.07) is 6.87. The van der Waals surface area contributed by atoms with Crippen LogP contribution in [-0.2, 0) is 4.74 Å². The van der Waals surface area contributed by atoms with Gasteiger partial charge in [0.15, 0.2) is 6.29 Å². The zero-order valence-electron chi connectivity index (χ0n) is 12.3. The Balaban J connectivity index is 0.000000224. The van der Waals surface area contributed by atoms with Gasteiger partial charge in [0.1, 0.15) is 11.4 Å². The molecule has 2 aromatic heterocycles. The molecule has 5 nitrogen and oxygen atoms in total. The predicted octanol–water partition coefficient (Wildman–Crippen LogP) is 3.90. The lowest BCUT2D eigenvalue weighted by molar-refractivity contribution is 0.0593. The number of ether oxygens (including phenoxy) is 1. The SMILES string of the molecule is COC(=O)c1ccc(Br)c(C)n1.Cc1nc(C=O)ccc1Br. The average molecular weight is 430 g/mol. The number of aryl methyl sites for hydroxylation is 2. The third kappa shape index (κ3) is 5.31. The van der Waals surface area contributed by atoms with Crippen LogP contribution in [0.3, 0.4) is 0 Å². The summed E-state index contributed by atoms with van der Waals surface area (Å²) in [6.07, 6.45) is 0.736. The molecular weight excluding hydrogens is 416 g/mol. The van der Waals surface area contributed by atoms with E-state index in [1.54, 1.807) is 18.2 Å². The van der Waals surface area contributed by atoms with E-state index in [-0.39, 0.29) is 0 Å². The second-order valence-electron chi connectivity index (χ2n) is 4.18. The molecule has 2 heterocycles. The zero-order valence-corrected chi connectivity index (χ0v) is 15.4. The number of hydrogen-bond acceptors (Lipinski definition) is 5. The van der Waals surface area contributed by atoms with E-state index in [0.717, 1.165) is 26.6 Å². The molecule has 116 valence electrons. The quantitative estimate of drug-likeness (QED) is 0.534. The summed E-state index contributed by atoms with van der Waals surface area (Å²) in [5.74, 6) is -0.411. The summed E-state index contributed by atoms with van der Waals surface area (Å²) in [7, 11) is 1.33. The number of rotatable bonds is 2. The molecule has 7 heteroatoms. The number of halogens is 2. The van der Waals surface area contributed by atoms with Crippen molar-refractivity contribution in [3.8, 4) is 0 Å². The van der Waals surface area contributed by atoms with Crippen LogP contribution in [0.15, 0.2) is 33.2 Å². The third-order valence-corrected chi connectivity index (χ3v) is 4.26. The Morgan fingerprint density at radius 3 is 2.05 bits per heavy atom. The highest BCUT2D eigenvalue weighted by Gasteiger charge is 2.07. The van der Waals surface area contributed by atoms with E-state index in [1.807, 2.05) is 19.9 Å². The summed E-state index contributed by atoms with van der Waals surface area (Å²) in [4.78, 5) is 29.2. The van der Waals surface area contributed by atoms with Crippen LogP contribution in [-0.4, -0.2) is 29.3 Å². The topological polar surface area (TPSA) is 69.2 Å². The first-order chi connectivity index (χ1) is 10.4. The van der Waals surface area contributed by atoms with E-state index in [1.165, 1.54) is 7.11 Å². The maximum atomic E-state index is 11.0. The summed E-state index contributed by atoms with van der Waals surface area (Å²) in [5.41, 5.74) is 2.42. The normalized spacial score (nSPS) is 9.50. The summed E-state index contributed by atoms with van der Waals surface area (Å²) < 4.78 is 6.33. The molecule has 0 fully saturated rings. The fourth-order valence-electron chi connectivity index (χ4n) is 1.39. The van der Waals surface area contributed by atoms with Gasteiger partial charge in [-0.25, -0.2) is 14.8 Å². The van der Waals surface area contributed by atoms with Gasteiger partial charge in [-0.3, -0.25) is 4.79 Å². The second kappa shape index (κ2) is 8.75. The molecule has 2 aromatic rings. The van der Waals surface area contributed by atoms with Crippen molar-refractivity contribution in [3.63, 3.8) is 0 Å². The molecule has 0 N–H and O–H groups in total. The highest BCUT2D eigenvalue weighted by molar-refractivity contribution is 9.10. The zero-order chi connectivity index (χ0) is 16.7. The van der Waals surface area contributed by atoms with Crippen molar-refractivity contribution in [2.24, 2.45) is 0 Å². The third-order valence-electron chi connectivity index (χ3n) is 2.58. The van der Waals surface area contributed by atoms with E-state index < -0.39 is 5.97 Å². The van der Waals surface area contributed by atoms with E-state index in [9.17, 15) is 9.59 Å². The van der Waals surface area contributed by atoms with Crippen LogP contribution in [0, 0.1) is 13.8 Å². The fourth-order valence-corrected chi connectivity index (χ4v) is 1.83. The predicted molar refractivity (Wildman–Crippen MR) is 90.1 cm³/mol. The number of esters is 1. The fraction of sp³-hybridized carbons (Fsp3) is 0.200. The van der Waals surface area contributed by atoms with Crippen molar-refractivity contribution < 1.29 is 14.3 Å².